The van der Waals surface area contributed by atoms with Crippen molar-refractivity contribution in [3.05, 3.63) is 76.1 Å². The van der Waals surface area contributed by atoms with Crippen LogP contribution in [-0.2, 0) is 6.54 Å². The van der Waals surface area contributed by atoms with Gasteiger partial charge in [-0.3, -0.25) is 10.1 Å². The van der Waals surface area contributed by atoms with Crippen LogP contribution in [0.3, 0.4) is 0 Å². The van der Waals surface area contributed by atoms with Crippen molar-refractivity contribution in [3.8, 4) is 5.75 Å². The van der Waals surface area contributed by atoms with E-state index in [4.69, 9.17) is 4.74 Å². The SMILES string of the molecule is COc1ccc(CNc2ncnc(Nc3ccc(C)cc3)c2[N+](=O)[O-])cc1. The fourth-order valence-corrected chi connectivity index (χ4v) is 2.48. The molecule has 8 heteroatoms. The molecule has 1 aromatic heterocycles. The van der Waals surface area contributed by atoms with E-state index in [9.17, 15) is 10.1 Å². The van der Waals surface area contributed by atoms with Crippen LogP contribution in [0.5, 0.6) is 5.75 Å². The zero-order valence-electron chi connectivity index (χ0n) is 15.0. The van der Waals surface area contributed by atoms with Gasteiger partial charge in [-0.25, -0.2) is 9.97 Å². The molecule has 0 saturated heterocycles. The van der Waals surface area contributed by atoms with Crippen molar-refractivity contribution in [2.24, 2.45) is 0 Å². The Hall–Kier alpha value is -3.68. The highest BCUT2D eigenvalue weighted by Crippen LogP contribution is 2.31. The standard InChI is InChI=1S/C19H19N5O3/c1-13-3-7-15(8-4-13)23-19-17(24(25)26)18(21-12-22-19)20-11-14-5-9-16(27-2)10-6-14/h3-10,12H,11H2,1-2H3,(H2,20,21,22,23). The van der Waals surface area contributed by atoms with E-state index in [0.717, 1.165) is 16.9 Å². The zero-order valence-corrected chi connectivity index (χ0v) is 15.0. The number of aryl methyl sites for hydroxylation is 1. The molecule has 0 aliphatic rings. The lowest BCUT2D eigenvalue weighted by atomic mass is 10.2. The highest BCUT2D eigenvalue weighted by molar-refractivity contribution is 5.73. The molecule has 2 aromatic carbocycles. The van der Waals surface area contributed by atoms with E-state index in [1.165, 1.54) is 6.33 Å². The summed E-state index contributed by atoms with van der Waals surface area (Å²) in [5.41, 5.74) is 2.55. The lowest BCUT2D eigenvalue weighted by molar-refractivity contribution is -0.383. The van der Waals surface area contributed by atoms with Gasteiger partial charge in [0, 0.05) is 12.2 Å². The average Bonchev–Trinajstić information content (AvgIpc) is 2.68. The van der Waals surface area contributed by atoms with Crippen molar-refractivity contribution in [1.82, 2.24) is 9.97 Å². The molecule has 8 nitrogen and oxygen atoms in total. The Balaban J connectivity index is 1.81. The molecular formula is C19H19N5O3. The lowest BCUT2D eigenvalue weighted by Crippen LogP contribution is -2.08. The van der Waals surface area contributed by atoms with Crippen LogP contribution in [0.1, 0.15) is 11.1 Å². The van der Waals surface area contributed by atoms with Gasteiger partial charge in [0.05, 0.1) is 12.0 Å². The maximum Gasteiger partial charge on any atom is 0.353 e. The molecule has 138 valence electrons. The van der Waals surface area contributed by atoms with E-state index >= 15 is 0 Å². The van der Waals surface area contributed by atoms with Crippen LogP contribution in [0.2, 0.25) is 0 Å². The van der Waals surface area contributed by atoms with Crippen molar-refractivity contribution < 1.29 is 9.66 Å². The van der Waals surface area contributed by atoms with Crippen molar-refractivity contribution in [2.45, 2.75) is 13.5 Å². The molecule has 0 radical (unpaired) electrons. The summed E-state index contributed by atoms with van der Waals surface area (Å²) in [6, 6.07) is 14.9. The molecule has 0 saturated carbocycles. The summed E-state index contributed by atoms with van der Waals surface area (Å²) in [4.78, 5) is 19.2. The number of hydrogen-bond acceptors (Lipinski definition) is 7. The van der Waals surface area contributed by atoms with Crippen LogP contribution < -0.4 is 15.4 Å². The fourth-order valence-electron chi connectivity index (χ4n) is 2.48. The third-order valence-electron chi connectivity index (χ3n) is 3.94. The maximum absolute atomic E-state index is 11.6. The van der Waals surface area contributed by atoms with Crippen molar-refractivity contribution >= 4 is 23.0 Å². The molecule has 3 aromatic rings. The predicted octanol–water partition coefficient (Wildman–Crippen LogP) is 4.06. The second-order valence-electron chi connectivity index (χ2n) is 5.87. The summed E-state index contributed by atoms with van der Waals surface area (Å²) in [7, 11) is 1.60. The minimum Gasteiger partial charge on any atom is -0.497 e. The number of nitro groups is 1. The average molecular weight is 365 g/mol. The number of hydrogen-bond donors (Lipinski definition) is 2. The molecule has 0 atom stereocenters. The van der Waals surface area contributed by atoms with Crippen molar-refractivity contribution in [2.75, 3.05) is 17.7 Å². The highest BCUT2D eigenvalue weighted by Gasteiger charge is 2.23. The summed E-state index contributed by atoms with van der Waals surface area (Å²) < 4.78 is 5.12. The third kappa shape index (κ3) is 4.49. The normalized spacial score (nSPS) is 10.3. The number of nitrogens with one attached hydrogen (secondary N) is 2. The molecular weight excluding hydrogens is 346 g/mol. The first kappa shape index (κ1) is 18.1. The summed E-state index contributed by atoms with van der Waals surface area (Å²) >= 11 is 0. The van der Waals surface area contributed by atoms with Gasteiger partial charge >= 0.3 is 5.69 Å². The molecule has 0 unspecified atom stereocenters. The van der Waals surface area contributed by atoms with Gasteiger partial charge < -0.3 is 15.4 Å². The number of aromatic nitrogens is 2. The van der Waals surface area contributed by atoms with Gasteiger partial charge in [0.15, 0.2) is 0 Å². The van der Waals surface area contributed by atoms with E-state index in [1.54, 1.807) is 7.11 Å². The molecule has 1 heterocycles. The Kier molecular flexibility index (Phi) is 5.46. The Morgan fingerprint density at radius 3 is 2.33 bits per heavy atom. The summed E-state index contributed by atoms with van der Waals surface area (Å²) in [6.07, 6.45) is 1.29. The van der Waals surface area contributed by atoms with Gasteiger partial charge in [-0.1, -0.05) is 29.8 Å². The minimum atomic E-state index is -0.493. The van der Waals surface area contributed by atoms with E-state index < -0.39 is 4.92 Å². The molecule has 2 N–H and O–H groups in total. The van der Waals surface area contributed by atoms with Crippen LogP contribution in [0.25, 0.3) is 0 Å². The molecule has 0 fully saturated rings. The molecule has 3 rings (SSSR count). The quantitative estimate of drug-likeness (QED) is 0.481. The summed E-state index contributed by atoms with van der Waals surface area (Å²) in [6.45, 7) is 2.35. The van der Waals surface area contributed by atoms with E-state index in [1.807, 2.05) is 55.5 Å². The molecule has 0 spiro atoms. The van der Waals surface area contributed by atoms with Crippen LogP contribution in [-0.4, -0.2) is 22.0 Å². The first-order valence-corrected chi connectivity index (χ1v) is 8.26. The van der Waals surface area contributed by atoms with Crippen LogP contribution in [0, 0.1) is 17.0 Å². The maximum atomic E-state index is 11.6. The molecule has 27 heavy (non-hydrogen) atoms. The molecule has 0 amide bonds. The predicted molar refractivity (Wildman–Crippen MR) is 103 cm³/mol. The van der Waals surface area contributed by atoms with Crippen LogP contribution >= 0.6 is 0 Å². The van der Waals surface area contributed by atoms with Gasteiger partial charge in [-0.15, -0.1) is 0 Å². The van der Waals surface area contributed by atoms with Gasteiger partial charge in [0.1, 0.15) is 12.1 Å². The summed E-state index contributed by atoms with van der Waals surface area (Å²) in [5, 5.41) is 17.6. The van der Waals surface area contributed by atoms with Crippen molar-refractivity contribution in [3.63, 3.8) is 0 Å². The van der Waals surface area contributed by atoms with Gasteiger partial charge in [-0.05, 0) is 36.8 Å². The number of benzene rings is 2. The van der Waals surface area contributed by atoms with E-state index in [-0.39, 0.29) is 17.3 Å². The van der Waals surface area contributed by atoms with Crippen LogP contribution in [0.15, 0.2) is 54.9 Å². The molecule has 0 aliphatic carbocycles. The van der Waals surface area contributed by atoms with Crippen molar-refractivity contribution in [1.29, 1.82) is 0 Å². The number of nitrogens with zero attached hydrogens (tertiary/aromatic N) is 3. The second kappa shape index (κ2) is 8.13. The number of methoxy groups -OCH3 is 1. The smallest absolute Gasteiger partial charge is 0.353 e. The van der Waals surface area contributed by atoms with Gasteiger partial charge in [0.25, 0.3) is 0 Å². The molecule has 0 aliphatic heterocycles. The fraction of sp³-hybridized carbons (Fsp3) is 0.158. The van der Waals surface area contributed by atoms with E-state index in [2.05, 4.69) is 20.6 Å². The Labute approximate surface area is 156 Å². The third-order valence-corrected chi connectivity index (χ3v) is 3.94. The Morgan fingerprint density at radius 2 is 1.70 bits per heavy atom. The number of anilines is 3. The second-order valence-corrected chi connectivity index (χ2v) is 5.87. The van der Waals surface area contributed by atoms with E-state index in [0.29, 0.717) is 12.2 Å². The number of rotatable bonds is 7. The number of ether oxygens (including phenoxy) is 1. The monoisotopic (exact) mass is 365 g/mol. The Morgan fingerprint density at radius 1 is 1.04 bits per heavy atom. The zero-order chi connectivity index (χ0) is 19.2. The van der Waals surface area contributed by atoms with Gasteiger partial charge in [-0.2, -0.15) is 0 Å². The minimum absolute atomic E-state index is 0.135. The largest absolute Gasteiger partial charge is 0.497 e. The lowest BCUT2D eigenvalue weighted by Gasteiger charge is -2.10. The highest BCUT2D eigenvalue weighted by atomic mass is 16.6. The van der Waals surface area contributed by atoms with Crippen LogP contribution in [0.4, 0.5) is 23.0 Å². The first-order chi connectivity index (χ1) is 13.1. The topological polar surface area (TPSA) is 102 Å². The Bertz CT molecular complexity index is 927. The molecule has 0 bridgehead atoms. The summed E-state index contributed by atoms with van der Waals surface area (Å²) in [5.74, 6) is 1.04. The van der Waals surface area contributed by atoms with Gasteiger partial charge in [0.2, 0.25) is 11.6 Å². The first-order valence-electron chi connectivity index (χ1n) is 8.26.